The average molecular weight is 290 g/mol. The summed E-state index contributed by atoms with van der Waals surface area (Å²) < 4.78 is 0. The molecular weight excluding hydrogens is 268 g/mol. The molecule has 0 radical (unpaired) electrons. The fourth-order valence-corrected chi connectivity index (χ4v) is 4.19. The van der Waals surface area contributed by atoms with E-state index in [4.69, 9.17) is 5.73 Å². The van der Waals surface area contributed by atoms with Crippen molar-refractivity contribution in [2.24, 2.45) is 0 Å². The van der Waals surface area contributed by atoms with Gasteiger partial charge in [-0.05, 0) is 49.6 Å². The first-order valence-electron chi connectivity index (χ1n) is 7.35. The van der Waals surface area contributed by atoms with Crippen LogP contribution in [0.4, 0.5) is 5.69 Å². The number of rotatable bonds is 4. The smallest absolute Gasteiger partial charge is 0.230 e. The minimum Gasteiger partial charge on any atom is -0.399 e. The highest BCUT2D eigenvalue weighted by Crippen LogP contribution is 2.49. The van der Waals surface area contributed by atoms with Crippen LogP contribution in [0, 0.1) is 0 Å². The van der Waals surface area contributed by atoms with Gasteiger partial charge in [0.1, 0.15) is 0 Å². The molecular formula is C16H22N2OS. The van der Waals surface area contributed by atoms with Gasteiger partial charge in [-0.25, -0.2) is 0 Å². The topological polar surface area (TPSA) is 55.1 Å². The predicted molar refractivity (Wildman–Crippen MR) is 84.9 cm³/mol. The molecule has 2 aliphatic carbocycles. The molecule has 4 heteroatoms. The lowest BCUT2D eigenvalue weighted by Crippen LogP contribution is -2.44. The zero-order chi connectivity index (χ0) is 14.2. The van der Waals surface area contributed by atoms with E-state index < -0.39 is 0 Å². The monoisotopic (exact) mass is 290 g/mol. The van der Waals surface area contributed by atoms with Crippen molar-refractivity contribution in [2.45, 2.75) is 48.8 Å². The fraction of sp³-hybridized carbons (Fsp3) is 0.562. The van der Waals surface area contributed by atoms with Crippen LogP contribution in [0.15, 0.2) is 24.3 Å². The van der Waals surface area contributed by atoms with E-state index in [1.54, 1.807) is 0 Å². The Hall–Kier alpha value is -1.16. The fourth-order valence-electron chi connectivity index (χ4n) is 3.25. The number of carbonyl (C=O) groups is 1. The third kappa shape index (κ3) is 2.41. The summed E-state index contributed by atoms with van der Waals surface area (Å²) in [4.78, 5) is 12.7. The summed E-state index contributed by atoms with van der Waals surface area (Å²) in [6.07, 6.45) is 7.63. The van der Waals surface area contributed by atoms with Crippen LogP contribution in [0.5, 0.6) is 0 Å². The highest BCUT2D eigenvalue weighted by molar-refractivity contribution is 7.99. The second kappa shape index (κ2) is 5.32. The van der Waals surface area contributed by atoms with Crippen LogP contribution in [-0.4, -0.2) is 23.5 Å². The van der Waals surface area contributed by atoms with Gasteiger partial charge in [0, 0.05) is 17.0 Å². The van der Waals surface area contributed by atoms with E-state index in [0.29, 0.717) is 11.3 Å². The molecule has 108 valence electrons. The van der Waals surface area contributed by atoms with Gasteiger partial charge >= 0.3 is 0 Å². The maximum absolute atomic E-state index is 12.7. The van der Waals surface area contributed by atoms with Crippen molar-refractivity contribution in [3.63, 3.8) is 0 Å². The van der Waals surface area contributed by atoms with Gasteiger partial charge in [-0.2, -0.15) is 11.8 Å². The maximum Gasteiger partial charge on any atom is 0.230 e. The second-order valence-electron chi connectivity index (χ2n) is 5.99. The van der Waals surface area contributed by atoms with Gasteiger partial charge in [0.05, 0.1) is 5.41 Å². The molecule has 1 aromatic rings. The Kier molecular flexibility index (Phi) is 3.67. The molecule has 0 bridgehead atoms. The van der Waals surface area contributed by atoms with Crippen molar-refractivity contribution in [2.75, 3.05) is 12.0 Å². The first kappa shape index (κ1) is 13.8. The molecule has 2 saturated carbocycles. The lowest BCUT2D eigenvalue weighted by Gasteiger charge is -2.23. The standard InChI is InChI=1S/C16H22N2OS/c1-20-14-4-2-3-13(14)18-15(19)16(9-10-16)11-5-7-12(17)8-6-11/h5-8,13-14H,2-4,9-10,17H2,1H3,(H,18,19). The summed E-state index contributed by atoms with van der Waals surface area (Å²) in [5.74, 6) is 0.216. The van der Waals surface area contributed by atoms with Crippen molar-refractivity contribution in [1.82, 2.24) is 5.32 Å². The summed E-state index contributed by atoms with van der Waals surface area (Å²) in [5.41, 5.74) is 7.32. The normalized spacial score (nSPS) is 27.2. The predicted octanol–water partition coefficient (Wildman–Crippen LogP) is 2.70. The maximum atomic E-state index is 12.7. The Bertz CT molecular complexity index is 496. The number of thioether (sulfide) groups is 1. The molecule has 0 spiro atoms. The second-order valence-corrected chi connectivity index (χ2v) is 7.07. The number of benzene rings is 1. The molecule has 1 aromatic carbocycles. The summed E-state index contributed by atoms with van der Waals surface area (Å²) in [7, 11) is 0. The van der Waals surface area contributed by atoms with Gasteiger partial charge in [-0.3, -0.25) is 4.79 Å². The van der Waals surface area contributed by atoms with Gasteiger partial charge in [-0.1, -0.05) is 18.6 Å². The lowest BCUT2D eigenvalue weighted by atomic mass is 9.94. The molecule has 0 saturated heterocycles. The highest BCUT2D eigenvalue weighted by Gasteiger charge is 2.52. The average Bonchev–Trinajstić information content (AvgIpc) is 3.15. The van der Waals surface area contributed by atoms with Crippen molar-refractivity contribution < 1.29 is 4.79 Å². The molecule has 2 unspecified atom stereocenters. The summed E-state index contributed by atoms with van der Waals surface area (Å²) >= 11 is 1.88. The van der Waals surface area contributed by atoms with Gasteiger partial charge in [0.25, 0.3) is 0 Å². The zero-order valence-corrected chi connectivity index (χ0v) is 12.7. The van der Waals surface area contributed by atoms with Crippen LogP contribution in [-0.2, 0) is 10.2 Å². The molecule has 20 heavy (non-hydrogen) atoms. The summed E-state index contributed by atoms with van der Waals surface area (Å²) in [6, 6.07) is 8.14. The minimum absolute atomic E-state index is 0.216. The van der Waals surface area contributed by atoms with Crippen LogP contribution < -0.4 is 11.1 Å². The van der Waals surface area contributed by atoms with Crippen molar-refractivity contribution in [1.29, 1.82) is 0 Å². The molecule has 3 rings (SSSR count). The highest BCUT2D eigenvalue weighted by atomic mass is 32.2. The van der Waals surface area contributed by atoms with E-state index in [2.05, 4.69) is 11.6 Å². The van der Waals surface area contributed by atoms with Gasteiger partial charge < -0.3 is 11.1 Å². The number of nitrogen functional groups attached to an aromatic ring is 1. The Morgan fingerprint density at radius 3 is 2.60 bits per heavy atom. The third-order valence-electron chi connectivity index (χ3n) is 4.72. The molecule has 2 fully saturated rings. The van der Waals surface area contributed by atoms with E-state index in [0.717, 1.165) is 30.5 Å². The summed E-state index contributed by atoms with van der Waals surface area (Å²) in [6.45, 7) is 0. The Morgan fingerprint density at radius 2 is 2.00 bits per heavy atom. The van der Waals surface area contributed by atoms with Gasteiger partial charge in [-0.15, -0.1) is 0 Å². The van der Waals surface area contributed by atoms with E-state index >= 15 is 0 Å². The van der Waals surface area contributed by atoms with Crippen molar-refractivity contribution in [3.8, 4) is 0 Å². The molecule has 3 N–H and O–H groups in total. The SMILES string of the molecule is CSC1CCCC1NC(=O)C1(c2ccc(N)cc2)CC1. The van der Waals surface area contributed by atoms with E-state index in [1.165, 1.54) is 12.8 Å². The number of hydrogen-bond acceptors (Lipinski definition) is 3. The zero-order valence-electron chi connectivity index (χ0n) is 11.9. The lowest BCUT2D eigenvalue weighted by molar-refractivity contribution is -0.124. The largest absolute Gasteiger partial charge is 0.399 e. The van der Waals surface area contributed by atoms with Crippen molar-refractivity contribution in [3.05, 3.63) is 29.8 Å². The summed E-state index contributed by atoms with van der Waals surface area (Å²) in [5, 5.41) is 3.89. The first-order chi connectivity index (χ1) is 9.65. The molecule has 1 amide bonds. The van der Waals surface area contributed by atoms with Crippen LogP contribution in [0.25, 0.3) is 0 Å². The van der Waals surface area contributed by atoms with Gasteiger partial charge in [0.2, 0.25) is 5.91 Å². The molecule has 2 atom stereocenters. The van der Waals surface area contributed by atoms with Crippen LogP contribution >= 0.6 is 11.8 Å². The molecule has 0 heterocycles. The Morgan fingerprint density at radius 1 is 1.30 bits per heavy atom. The Balaban J connectivity index is 1.72. The van der Waals surface area contributed by atoms with E-state index in [9.17, 15) is 4.79 Å². The number of nitrogens with two attached hydrogens (primary N) is 1. The molecule has 2 aliphatic rings. The quantitative estimate of drug-likeness (QED) is 0.838. The number of nitrogens with one attached hydrogen (secondary N) is 1. The van der Waals surface area contributed by atoms with Gasteiger partial charge in [0.15, 0.2) is 0 Å². The number of amides is 1. The molecule has 0 aliphatic heterocycles. The number of anilines is 1. The van der Waals surface area contributed by atoms with E-state index in [-0.39, 0.29) is 11.3 Å². The third-order valence-corrected chi connectivity index (χ3v) is 5.89. The number of carbonyl (C=O) groups excluding carboxylic acids is 1. The molecule has 3 nitrogen and oxygen atoms in total. The van der Waals surface area contributed by atoms with E-state index in [1.807, 2.05) is 36.0 Å². The number of hydrogen-bond donors (Lipinski definition) is 2. The molecule has 0 aromatic heterocycles. The van der Waals surface area contributed by atoms with Crippen LogP contribution in [0.3, 0.4) is 0 Å². The van der Waals surface area contributed by atoms with Crippen molar-refractivity contribution >= 4 is 23.4 Å². The van der Waals surface area contributed by atoms with Crippen LogP contribution in [0.2, 0.25) is 0 Å². The Labute approximate surface area is 124 Å². The first-order valence-corrected chi connectivity index (χ1v) is 8.64. The van der Waals surface area contributed by atoms with Crippen LogP contribution in [0.1, 0.15) is 37.7 Å². The minimum atomic E-state index is -0.279.